The predicted octanol–water partition coefficient (Wildman–Crippen LogP) is 7.92. The van der Waals surface area contributed by atoms with Crippen molar-refractivity contribution in [2.45, 2.75) is 64.8 Å². The summed E-state index contributed by atoms with van der Waals surface area (Å²) in [6.45, 7) is 7.06. The van der Waals surface area contributed by atoms with Gasteiger partial charge in [0.05, 0.1) is 0 Å². The van der Waals surface area contributed by atoms with Gasteiger partial charge in [0, 0.05) is 16.9 Å². The van der Waals surface area contributed by atoms with E-state index in [2.05, 4.69) is 98.1 Å². The fourth-order valence-electron chi connectivity index (χ4n) is 4.07. The van der Waals surface area contributed by atoms with Crippen molar-refractivity contribution in [3.8, 4) is 22.5 Å². The molecule has 1 heteroatoms. The molecule has 1 nitrogen and oxygen atoms in total. The highest BCUT2D eigenvalue weighted by atomic mass is 15.1. The zero-order chi connectivity index (χ0) is 19.1. The molecule has 0 spiro atoms. The van der Waals surface area contributed by atoms with Crippen molar-refractivity contribution in [2.24, 2.45) is 0 Å². The van der Waals surface area contributed by atoms with Crippen molar-refractivity contribution >= 4 is 0 Å². The molecule has 1 heterocycles. The van der Waals surface area contributed by atoms with Gasteiger partial charge in [0.2, 0.25) is 0 Å². The summed E-state index contributed by atoms with van der Waals surface area (Å²) in [7, 11) is 0. The summed E-state index contributed by atoms with van der Waals surface area (Å²) >= 11 is 0. The number of aromatic nitrogens is 1. The minimum atomic E-state index is 0.119. The molecule has 0 saturated heterocycles. The smallest absolute Gasteiger partial charge is 0.0490 e. The van der Waals surface area contributed by atoms with Crippen LogP contribution in [-0.4, -0.2) is 4.57 Å². The Kier molecular flexibility index (Phi) is 6.55. The first-order valence-corrected chi connectivity index (χ1v) is 10.5. The highest BCUT2D eigenvalue weighted by molar-refractivity contribution is 5.70. The molecule has 2 aromatic carbocycles. The van der Waals surface area contributed by atoms with Crippen LogP contribution in [0.25, 0.3) is 22.5 Å². The molecule has 0 amide bonds. The molecule has 142 valence electrons. The minimum Gasteiger partial charge on any atom is -0.335 e. The molecule has 1 aromatic heterocycles. The largest absolute Gasteiger partial charge is 0.335 e. The van der Waals surface area contributed by atoms with Crippen molar-refractivity contribution in [3.05, 3.63) is 72.8 Å². The van der Waals surface area contributed by atoms with Gasteiger partial charge < -0.3 is 4.57 Å². The maximum Gasteiger partial charge on any atom is 0.0490 e. The second-order valence-corrected chi connectivity index (χ2v) is 7.83. The van der Waals surface area contributed by atoms with Gasteiger partial charge in [-0.2, -0.15) is 0 Å². The normalized spacial score (nSPS) is 13.4. The molecular formula is C26H33N. The van der Waals surface area contributed by atoms with Gasteiger partial charge in [0.1, 0.15) is 0 Å². The summed E-state index contributed by atoms with van der Waals surface area (Å²) < 4.78 is 2.61. The standard InChI is InChI=1S/C26H33N/c1-4-6-7-14-21-26(3,5-2)27-24(22-15-10-8-11-16-22)19-20-25(27)23-17-12-9-13-18-23/h8-13,15-20H,4-7,14,21H2,1-3H3. The number of hydrogen-bond acceptors (Lipinski definition) is 0. The molecule has 3 rings (SSSR count). The third-order valence-electron chi connectivity index (χ3n) is 5.89. The van der Waals surface area contributed by atoms with E-state index < -0.39 is 0 Å². The molecule has 27 heavy (non-hydrogen) atoms. The summed E-state index contributed by atoms with van der Waals surface area (Å²) in [5.41, 5.74) is 5.37. The lowest BCUT2D eigenvalue weighted by Gasteiger charge is -2.35. The zero-order valence-electron chi connectivity index (χ0n) is 17.1. The number of benzene rings is 2. The predicted molar refractivity (Wildman–Crippen MR) is 118 cm³/mol. The lowest BCUT2D eigenvalue weighted by molar-refractivity contribution is 0.277. The van der Waals surface area contributed by atoms with E-state index in [0.717, 1.165) is 6.42 Å². The summed E-state index contributed by atoms with van der Waals surface area (Å²) in [5.74, 6) is 0. The summed E-state index contributed by atoms with van der Waals surface area (Å²) in [6, 6.07) is 26.3. The van der Waals surface area contributed by atoms with Gasteiger partial charge in [-0.1, -0.05) is 100 Å². The van der Waals surface area contributed by atoms with Gasteiger partial charge in [-0.25, -0.2) is 0 Å². The quantitative estimate of drug-likeness (QED) is 0.342. The lowest BCUT2D eigenvalue weighted by Crippen LogP contribution is -2.30. The van der Waals surface area contributed by atoms with Crippen LogP contribution in [0, 0.1) is 0 Å². The van der Waals surface area contributed by atoms with Gasteiger partial charge in [0.15, 0.2) is 0 Å². The highest BCUT2D eigenvalue weighted by Gasteiger charge is 2.29. The van der Waals surface area contributed by atoms with Crippen LogP contribution in [0.2, 0.25) is 0 Å². The van der Waals surface area contributed by atoms with E-state index in [9.17, 15) is 0 Å². The van der Waals surface area contributed by atoms with E-state index in [0.29, 0.717) is 0 Å². The maximum atomic E-state index is 2.61. The second kappa shape index (κ2) is 9.08. The van der Waals surface area contributed by atoms with Crippen LogP contribution >= 0.6 is 0 Å². The van der Waals surface area contributed by atoms with Crippen molar-refractivity contribution in [1.29, 1.82) is 0 Å². The SMILES string of the molecule is CCCCCCC(C)(CC)n1c(-c2ccccc2)ccc1-c1ccccc1. The second-order valence-electron chi connectivity index (χ2n) is 7.83. The van der Waals surface area contributed by atoms with Crippen LogP contribution in [0.15, 0.2) is 72.8 Å². The van der Waals surface area contributed by atoms with Crippen LogP contribution < -0.4 is 0 Å². The Hall–Kier alpha value is -2.28. The van der Waals surface area contributed by atoms with Crippen LogP contribution in [-0.2, 0) is 5.54 Å². The average molecular weight is 360 g/mol. The van der Waals surface area contributed by atoms with E-state index in [-0.39, 0.29) is 5.54 Å². The van der Waals surface area contributed by atoms with E-state index >= 15 is 0 Å². The molecule has 3 aromatic rings. The van der Waals surface area contributed by atoms with E-state index in [4.69, 9.17) is 0 Å². The molecule has 0 N–H and O–H groups in total. The maximum absolute atomic E-state index is 2.61. The molecule has 0 fully saturated rings. The first kappa shape index (κ1) is 19.5. The average Bonchev–Trinajstić information content (AvgIpc) is 3.18. The van der Waals surface area contributed by atoms with Crippen molar-refractivity contribution < 1.29 is 0 Å². The topological polar surface area (TPSA) is 4.93 Å². The van der Waals surface area contributed by atoms with Gasteiger partial charge in [-0.3, -0.25) is 0 Å². The summed E-state index contributed by atoms with van der Waals surface area (Å²) in [4.78, 5) is 0. The first-order chi connectivity index (χ1) is 13.2. The molecule has 0 aliphatic heterocycles. The Morgan fingerprint density at radius 3 is 1.63 bits per heavy atom. The molecule has 1 unspecified atom stereocenters. The molecule has 0 aliphatic rings. The molecule has 1 atom stereocenters. The zero-order valence-corrected chi connectivity index (χ0v) is 17.1. The van der Waals surface area contributed by atoms with Gasteiger partial charge in [-0.15, -0.1) is 0 Å². The summed E-state index contributed by atoms with van der Waals surface area (Å²) in [5, 5.41) is 0. The molecular weight excluding hydrogens is 326 g/mol. The van der Waals surface area contributed by atoms with Crippen LogP contribution in [0.3, 0.4) is 0 Å². The Labute approximate surface area is 165 Å². The highest BCUT2D eigenvalue weighted by Crippen LogP contribution is 2.39. The fraction of sp³-hybridized carbons (Fsp3) is 0.385. The van der Waals surface area contributed by atoms with Crippen molar-refractivity contribution in [3.63, 3.8) is 0 Å². The summed E-state index contributed by atoms with van der Waals surface area (Å²) in [6.07, 6.45) is 7.60. The monoisotopic (exact) mass is 359 g/mol. The Bertz CT molecular complexity index is 759. The van der Waals surface area contributed by atoms with Crippen LogP contribution in [0.5, 0.6) is 0 Å². The molecule has 0 aliphatic carbocycles. The van der Waals surface area contributed by atoms with E-state index in [1.807, 2.05) is 0 Å². The molecule has 0 radical (unpaired) electrons. The van der Waals surface area contributed by atoms with Gasteiger partial charge in [-0.05, 0) is 43.0 Å². The Morgan fingerprint density at radius 2 is 1.19 bits per heavy atom. The van der Waals surface area contributed by atoms with Crippen molar-refractivity contribution in [2.75, 3.05) is 0 Å². The van der Waals surface area contributed by atoms with Crippen molar-refractivity contribution in [1.82, 2.24) is 4.57 Å². The van der Waals surface area contributed by atoms with E-state index in [1.54, 1.807) is 0 Å². The Morgan fingerprint density at radius 1 is 0.667 bits per heavy atom. The molecule has 0 saturated carbocycles. The third kappa shape index (κ3) is 4.35. The van der Waals surface area contributed by atoms with Crippen LogP contribution in [0.1, 0.15) is 59.3 Å². The number of unbranched alkanes of at least 4 members (excludes halogenated alkanes) is 3. The first-order valence-electron chi connectivity index (χ1n) is 10.5. The lowest BCUT2D eigenvalue weighted by atomic mass is 9.89. The van der Waals surface area contributed by atoms with Gasteiger partial charge >= 0.3 is 0 Å². The molecule has 0 bridgehead atoms. The number of rotatable bonds is 9. The van der Waals surface area contributed by atoms with E-state index in [1.165, 1.54) is 54.6 Å². The number of nitrogens with zero attached hydrogens (tertiary/aromatic N) is 1. The minimum absolute atomic E-state index is 0.119. The Balaban J connectivity index is 2.08. The van der Waals surface area contributed by atoms with Gasteiger partial charge in [0.25, 0.3) is 0 Å². The van der Waals surface area contributed by atoms with Crippen LogP contribution in [0.4, 0.5) is 0 Å². The number of hydrogen-bond donors (Lipinski definition) is 0. The fourth-order valence-corrected chi connectivity index (χ4v) is 4.07. The third-order valence-corrected chi connectivity index (χ3v) is 5.89.